The van der Waals surface area contributed by atoms with E-state index in [0.29, 0.717) is 37.7 Å². The van der Waals surface area contributed by atoms with Gasteiger partial charge in [-0.1, -0.05) is 48.3 Å². The first kappa shape index (κ1) is 21.0. The molecule has 4 rings (SSSR count). The van der Waals surface area contributed by atoms with Crippen LogP contribution in [0.4, 0.5) is 0 Å². The molecule has 1 aromatic heterocycles. The molecule has 1 saturated heterocycles. The summed E-state index contributed by atoms with van der Waals surface area (Å²) >= 11 is 0. The van der Waals surface area contributed by atoms with Crippen LogP contribution in [0.3, 0.4) is 0 Å². The van der Waals surface area contributed by atoms with Crippen molar-refractivity contribution >= 4 is 5.91 Å². The highest BCUT2D eigenvalue weighted by atomic mass is 16.5. The maximum Gasteiger partial charge on any atom is 0.231 e. The molecule has 1 aliphatic heterocycles. The Balaban J connectivity index is 1.21. The van der Waals surface area contributed by atoms with Crippen LogP contribution in [-0.2, 0) is 22.4 Å². The molecule has 1 aromatic carbocycles. The van der Waals surface area contributed by atoms with Crippen LogP contribution in [0.15, 0.2) is 34.9 Å². The van der Waals surface area contributed by atoms with E-state index in [0.717, 1.165) is 38.3 Å². The van der Waals surface area contributed by atoms with Gasteiger partial charge in [0.15, 0.2) is 5.82 Å². The molecule has 2 aromatic rings. The lowest BCUT2D eigenvalue weighted by Crippen LogP contribution is -2.39. The number of ether oxygens (including phenoxy) is 1. The number of carbonyl (C=O) groups excluding carboxylic acids is 1. The molecule has 1 aliphatic carbocycles. The molecular weight excluding hydrogens is 378 g/mol. The lowest BCUT2D eigenvalue weighted by Gasteiger charge is -2.31. The van der Waals surface area contributed by atoms with Gasteiger partial charge in [0.25, 0.3) is 0 Å². The van der Waals surface area contributed by atoms with Crippen LogP contribution < -0.4 is 0 Å². The zero-order valence-corrected chi connectivity index (χ0v) is 17.8. The van der Waals surface area contributed by atoms with Crippen LogP contribution in [0.1, 0.15) is 68.1 Å². The lowest BCUT2D eigenvalue weighted by atomic mass is 9.97. The van der Waals surface area contributed by atoms with E-state index in [1.54, 1.807) is 0 Å². The number of amides is 1. The predicted octanol–water partition coefficient (Wildman–Crippen LogP) is 4.16. The zero-order valence-electron chi connectivity index (χ0n) is 17.8. The number of aromatic nitrogens is 2. The fourth-order valence-corrected chi connectivity index (χ4v) is 4.58. The van der Waals surface area contributed by atoms with Gasteiger partial charge in [-0.3, -0.25) is 4.79 Å². The lowest BCUT2D eigenvalue weighted by molar-refractivity contribution is -0.132. The highest BCUT2D eigenvalue weighted by Gasteiger charge is 2.28. The molecule has 0 radical (unpaired) electrons. The first-order valence-corrected chi connectivity index (χ1v) is 11.5. The molecule has 1 saturated carbocycles. The van der Waals surface area contributed by atoms with Crippen molar-refractivity contribution in [2.75, 3.05) is 26.3 Å². The van der Waals surface area contributed by atoms with E-state index in [2.05, 4.69) is 22.3 Å². The van der Waals surface area contributed by atoms with Crippen molar-refractivity contribution in [2.45, 2.75) is 63.7 Å². The Hall–Kier alpha value is -2.21. The van der Waals surface area contributed by atoms with Gasteiger partial charge in [0.2, 0.25) is 11.8 Å². The smallest absolute Gasteiger partial charge is 0.231 e. The van der Waals surface area contributed by atoms with Crippen molar-refractivity contribution in [3.63, 3.8) is 0 Å². The first-order chi connectivity index (χ1) is 14.8. The summed E-state index contributed by atoms with van der Waals surface area (Å²) in [5.41, 5.74) is 1.20. The summed E-state index contributed by atoms with van der Waals surface area (Å²) in [5.74, 6) is 2.47. The average molecular weight is 412 g/mol. The summed E-state index contributed by atoms with van der Waals surface area (Å²) in [7, 11) is 0. The molecule has 0 spiro atoms. The minimum atomic E-state index is 0.139. The molecule has 6 heteroatoms. The Morgan fingerprint density at radius 2 is 1.93 bits per heavy atom. The average Bonchev–Trinajstić information content (AvgIpc) is 3.48. The molecule has 162 valence electrons. The number of likely N-dealkylation sites (tertiary alicyclic amines) is 1. The molecule has 0 bridgehead atoms. The van der Waals surface area contributed by atoms with E-state index in [9.17, 15) is 4.79 Å². The maximum absolute atomic E-state index is 12.7. The number of nitrogens with zero attached hydrogens (tertiary/aromatic N) is 3. The van der Waals surface area contributed by atoms with E-state index in [1.807, 2.05) is 23.1 Å². The van der Waals surface area contributed by atoms with Crippen LogP contribution in [0.25, 0.3) is 0 Å². The van der Waals surface area contributed by atoms with Gasteiger partial charge in [-0.2, -0.15) is 4.98 Å². The topological polar surface area (TPSA) is 68.5 Å². The van der Waals surface area contributed by atoms with Crippen molar-refractivity contribution in [2.24, 2.45) is 5.92 Å². The number of carbonyl (C=O) groups is 1. The molecule has 30 heavy (non-hydrogen) atoms. The van der Waals surface area contributed by atoms with Crippen LogP contribution in [0.5, 0.6) is 0 Å². The van der Waals surface area contributed by atoms with Gasteiger partial charge in [-0.25, -0.2) is 0 Å². The normalized spacial score (nSPS) is 20.0. The van der Waals surface area contributed by atoms with E-state index in [1.165, 1.54) is 31.2 Å². The molecule has 6 nitrogen and oxygen atoms in total. The number of benzene rings is 1. The second kappa shape index (κ2) is 10.7. The van der Waals surface area contributed by atoms with Crippen LogP contribution in [0.2, 0.25) is 0 Å². The zero-order chi connectivity index (χ0) is 20.6. The molecule has 0 N–H and O–H groups in total. The molecule has 1 atom stereocenters. The monoisotopic (exact) mass is 411 g/mol. The van der Waals surface area contributed by atoms with Crippen LogP contribution >= 0.6 is 0 Å². The van der Waals surface area contributed by atoms with Crippen molar-refractivity contribution < 1.29 is 14.1 Å². The highest BCUT2D eigenvalue weighted by Crippen LogP contribution is 2.27. The summed E-state index contributed by atoms with van der Waals surface area (Å²) in [6, 6.07) is 10.2. The van der Waals surface area contributed by atoms with E-state index >= 15 is 0 Å². The second-order valence-electron chi connectivity index (χ2n) is 8.69. The molecule has 1 unspecified atom stereocenters. The van der Waals surface area contributed by atoms with Gasteiger partial charge >= 0.3 is 0 Å². The minimum Gasteiger partial charge on any atom is -0.381 e. The van der Waals surface area contributed by atoms with Gasteiger partial charge in [0.05, 0.1) is 12.5 Å². The van der Waals surface area contributed by atoms with Gasteiger partial charge in [-0.05, 0) is 43.6 Å². The van der Waals surface area contributed by atoms with Gasteiger partial charge in [0.1, 0.15) is 0 Å². The number of rotatable bonds is 9. The Morgan fingerprint density at radius 1 is 1.10 bits per heavy atom. The van der Waals surface area contributed by atoms with E-state index in [-0.39, 0.29) is 11.8 Å². The predicted molar refractivity (Wildman–Crippen MR) is 114 cm³/mol. The third kappa shape index (κ3) is 5.91. The standard InChI is InChI=1S/C24H33N3O3/c28-23(13-12-19-7-2-1-3-8-19)27-15-6-11-21(17-27)24-25-22(26-30-24)14-16-29-18-20-9-4-5-10-20/h1-3,7-8,20-21H,4-6,9-18H2. The molecule has 2 fully saturated rings. The van der Waals surface area contributed by atoms with Gasteiger partial charge in [-0.15, -0.1) is 0 Å². The number of aryl methyl sites for hydroxylation is 1. The fourth-order valence-electron chi connectivity index (χ4n) is 4.58. The Kier molecular flexibility index (Phi) is 7.51. The Bertz CT molecular complexity index is 786. The SMILES string of the molecule is O=C(CCc1ccccc1)N1CCCC(c2nc(CCOCC3CCCC3)no2)C1. The molecular formula is C24H33N3O3. The number of piperidine rings is 1. The van der Waals surface area contributed by atoms with Crippen molar-refractivity contribution in [3.8, 4) is 0 Å². The van der Waals surface area contributed by atoms with E-state index in [4.69, 9.17) is 9.26 Å². The first-order valence-electron chi connectivity index (χ1n) is 11.5. The molecule has 2 heterocycles. The Morgan fingerprint density at radius 3 is 2.77 bits per heavy atom. The third-order valence-electron chi connectivity index (χ3n) is 6.38. The van der Waals surface area contributed by atoms with E-state index < -0.39 is 0 Å². The maximum atomic E-state index is 12.7. The highest BCUT2D eigenvalue weighted by molar-refractivity contribution is 5.76. The van der Waals surface area contributed by atoms with Crippen molar-refractivity contribution in [3.05, 3.63) is 47.6 Å². The minimum absolute atomic E-state index is 0.139. The number of hydrogen-bond donors (Lipinski definition) is 0. The summed E-state index contributed by atoms with van der Waals surface area (Å²) in [6.45, 7) is 2.99. The van der Waals surface area contributed by atoms with Gasteiger partial charge in [0, 0.05) is 32.5 Å². The van der Waals surface area contributed by atoms with Crippen molar-refractivity contribution in [1.82, 2.24) is 15.0 Å². The quantitative estimate of drug-likeness (QED) is 0.580. The van der Waals surface area contributed by atoms with Crippen molar-refractivity contribution in [1.29, 1.82) is 0 Å². The fraction of sp³-hybridized carbons (Fsp3) is 0.625. The summed E-state index contributed by atoms with van der Waals surface area (Å²) in [6.07, 6.45) is 9.26. The summed E-state index contributed by atoms with van der Waals surface area (Å²) < 4.78 is 11.4. The Labute approximate surface area is 179 Å². The second-order valence-corrected chi connectivity index (χ2v) is 8.69. The summed E-state index contributed by atoms with van der Waals surface area (Å²) in [5, 5.41) is 4.14. The van der Waals surface area contributed by atoms with Crippen LogP contribution in [-0.4, -0.2) is 47.3 Å². The van der Waals surface area contributed by atoms with Crippen LogP contribution in [0, 0.1) is 5.92 Å². The number of hydrogen-bond acceptors (Lipinski definition) is 5. The third-order valence-corrected chi connectivity index (χ3v) is 6.38. The molecule has 2 aliphatic rings. The summed E-state index contributed by atoms with van der Waals surface area (Å²) in [4.78, 5) is 19.2. The largest absolute Gasteiger partial charge is 0.381 e. The van der Waals surface area contributed by atoms with Gasteiger partial charge < -0.3 is 14.2 Å². The molecule has 1 amide bonds.